The van der Waals surface area contributed by atoms with Crippen molar-refractivity contribution in [3.8, 4) is 40.2 Å². The monoisotopic (exact) mass is 2050 g/mol. The first-order valence-electron chi connectivity index (χ1n) is 59.1. The largest absolute Gasteiger partial charge is 0.493 e. The number of benzene rings is 7. The summed E-state index contributed by atoms with van der Waals surface area (Å²) in [6.07, 6.45) is 55.8. The molecule has 7 aliphatic rings. The van der Waals surface area contributed by atoms with Gasteiger partial charge in [-0.05, 0) is 317 Å². The molecular weight excluding hydrogens is 1850 g/mol. The summed E-state index contributed by atoms with van der Waals surface area (Å²) in [5.74, 6) is 13.0. The van der Waals surface area contributed by atoms with Gasteiger partial charge >= 0.3 is 0 Å². The zero-order chi connectivity index (χ0) is 106. The summed E-state index contributed by atoms with van der Waals surface area (Å²) in [5.41, 5.74) is 7.44. The minimum atomic E-state index is -1.15. The van der Waals surface area contributed by atoms with E-state index in [2.05, 4.69) is 123 Å². The van der Waals surface area contributed by atoms with E-state index >= 15 is 0 Å². The van der Waals surface area contributed by atoms with Crippen LogP contribution in [0.4, 0.5) is 0 Å². The van der Waals surface area contributed by atoms with Gasteiger partial charge in [0.15, 0.2) is 5.78 Å². The average molecular weight is 2050 g/mol. The van der Waals surface area contributed by atoms with Crippen molar-refractivity contribution in [3.05, 3.63) is 215 Å². The maximum absolute atomic E-state index is 11.9. The SMILES string of the molecule is C=C(CCC)c1cccc(OCC2CCCCC2)c1.CCCC(C)c1cccc(OCC2CCCCC2)c1.CCCC(CO)c1cccc(OCC2CCCCC2)c1.CCCC(O)(CO)c1cccc(OCC2CCCCC2)c1.CC[C@@H](C)[C@@H](O)c1cccc(OCC2CCCC2)c1.CC[C@H](C)[C@H](O)c1cccc(OCC2CCCCC2)c1.COCCOCCOCC(=O)CCCC(O)c1cccc(OCC2CCCCC2)c1. The van der Waals surface area contributed by atoms with E-state index in [1.807, 2.05) is 116 Å². The highest BCUT2D eigenvalue weighted by Crippen LogP contribution is 2.38. The highest BCUT2D eigenvalue weighted by atomic mass is 16.5. The Morgan fingerprint density at radius 2 is 0.682 bits per heavy atom. The molecule has 4 unspecified atom stereocenters. The zero-order valence-electron chi connectivity index (χ0n) is 93.8. The van der Waals surface area contributed by atoms with E-state index in [1.165, 1.54) is 253 Å². The summed E-state index contributed by atoms with van der Waals surface area (Å²) < 4.78 is 57.1. The van der Waals surface area contributed by atoms with Gasteiger partial charge in [0, 0.05) is 26.1 Å². The van der Waals surface area contributed by atoms with Crippen LogP contribution >= 0.6 is 0 Å². The molecule has 0 bridgehead atoms. The maximum Gasteiger partial charge on any atom is 0.158 e. The molecule has 0 aliphatic heterocycles. The molecular formula is C131H202O17. The van der Waals surface area contributed by atoms with Gasteiger partial charge in [0.25, 0.3) is 0 Å². The van der Waals surface area contributed by atoms with Crippen LogP contribution in [0, 0.1) is 53.3 Å². The first-order valence-corrected chi connectivity index (χ1v) is 59.1. The van der Waals surface area contributed by atoms with Crippen molar-refractivity contribution in [2.24, 2.45) is 53.3 Å². The minimum absolute atomic E-state index is 0.0451. The molecule has 6 N–H and O–H groups in total. The average Bonchev–Trinajstić information content (AvgIpc) is 0.906. The summed E-state index contributed by atoms with van der Waals surface area (Å²) in [6, 6.07) is 56.6. The van der Waals surface area contributed by atoms with E-state index in [0.29, 0.717) is 75.8 Å². The number of hydrogen-bond acceptors (Lipinski definition) is 17. The van der Waals surface area contributed by atoms with Gasteiger partial charge in [-0.3, -0.25) is 4.79 Å². The molecule has 0 saturated heterocycles. The quantitative estimate of drug-likeness (QED) is 0.0195. The lowest BCUT2D eigenvalue weighted by Gasteiger charge is -2.27. The lowest BCUT2D eigenvalue weighted by Crippen LogP contribution is -2.30. The van der Waals surface area contributed by atoms with Crippen LogP contribution in [-0.2, 0) is 24.6 Å². The second-order valence-electron chi connectivity index (χ2n) is 44.2. The van der Waals surface area contributed by atoms with Crippen molar-refractivity contribution in [2.45, 2.75) is 400 Å². The Morgan fingerprint density at radius 3 is 1.05 bits per heavy atom. The van der Waals surface area contributed by atoms with Gasteiger partial charge < -0.3 is 78.0 Å². The fraction of sp³-hybridized carbons (Fsp3) is 0.656. The summed E-state index contributed by atoms with van der Waals surface area (Å²) >= 11 is 0. The third-order valence-electron chi connectivity index (χ3n) is 31.7. The number of hydrogen-bond donors (Lipinski definition) is 6. The van der Waals surface area contributed by atoms with Crippen LogP contribution < -0.4 is 33.2 Å². The molecule has 7 aromatic carbocycles. The van der Waals surface area contributed by atoms with Crippen molar-refractivity contribution in [3.63, 3.8) is 0 Å². The third-order valence-corrected chi connectivity index (χ3v) is 31.7. The number of rotatable bonds is 54. The van der Waals surface area contributed by atoms with E-state index in [0.717, 1.165) is 177 Å². The van der Waals surface area contributed by atoms with Crippen LogP contribution in [-0.4, -0.2) is 136 Å². The zero-order valence-corrected chi connectivity index (χ0v) is 93.8. The summed E-state index contributed by atoms with van der Waals surface area (Å²) in [6.45, 7) is 31.2. The first-order chi connectivity index (χ1) is 72.2. The molecule has 0 spiro atoms. The molecule has 148 heavy (non-hydrogen) atoms. The Morgan fingerprint density at radius 1 is 0.358 bits per heavy atom. The van der Waals surface area contributed by atoms with Gasteiger partial charge in [0.1, 0.15) is 52.5 Å². The number of ketones is 1. The number of aliphatic hydroxyl groups is 6. The molecule has 0 aromatic heterocycles. The molecule has 7 aromatic rings. The van der Waals surface area contributed by atoms with E-state index in [-0.39, 0.29) is 49.5 Å². The van der Waals surface area contributed by atoms with Gasteiger partial charge in [-0.2, -0.15) is 0 Å². The van der Waals surface area contributed by atoms with E-state index in [1.54, 1.807) is 7.11 Å². The van der Waals surface area contributed by atoms with E-state index in [9.17, 15) is 35.4 Å². The normalized spacial score (nSPS) is 17.9. The van der Waals surface area contributed by atoms with E-state index in [4.69, 9.17) is 47.4 Å². The Bertz CT molecular complexity index is 4460. The third kappa shape index (κ3) is 50.4. The predicted molar refractivity (Wildman–Crippen MR) is 609 cm³/mol. The van der Waals surface area contributed by atoms with Crippen LogP contribution in [0.25, 0.3) is 5.57 Å². The van der Waals surface area contributed by atoms with Crippen molar-refractivity contribution in [2.75, 3.05) is 99.6 Å². The molecule has 17 nitrogen and oxygen atoms in total. The summed E-state index contributed by atoms with van der Waals surface area (Å²) in [5, 5.41) is 60.5. The lowest BCUT2D eigenvalue weighted by atomic mass is 9.89. The predicted octanol–water partition coefficient (Wildman–Crippen LogP) is 32.3. The Hall–Kier alpha value is -7.81. The number of aliphatic hydroxyl groups excluding tert-OH is 5. The molecule has 7 fully saturated rings. The van der Waals surface area contributed by atoms with Crippen LogP contribution in [0.2, 0.25) is 0 Å². The van der Waals surface area contributed by atoms with Gasteiger partial charge in [0.05, 0.1) is 97.6 Å². The van der Waals surface area contributed by atoms with E-state index < -0.39 is 17.8 Å². The van der Waals surface area contributed by atoms with Gasteiger partial charge in [-0.15, -0.1) is 0 Å². The molecule has 17 heteroatoms. The Labute approximate surface area is 897 Å². The maximum atomic E-state index is 11.9. The van der Waals surface area contributed by atoms with Gasteiger partial charge in [0.2, 0.25) is 0 Å². The molecule has 828 valence electrons. The number of carbonyl (C=O) groups is 1. The fourth-order valence-electron chi connectivity index (χ4n) is 21.5. The van der Waals surface area contributed by atoms with Crippen LogP contribution in [0.3, 0.4) is 0 Å². The highest BCUT2D eigenvalue weighted by Gasteiger charge is 2.30. The second-order valence-corrected chi connectivity index (χ2v) is 44.2. The number of methoxy groups -OCH3 is 1. The topological polar surface area (TPSA) is 231 Å². The number of allylic oxidation sites excluding steroid dienone is 1. The Kier molecular flexibility index (Phi) is 64.3. The minimum Gasteiger partial charge on any atom is -0.493 e. The number of ether oxygens (including phenoxy) is 10. The second kappa shape index (κ2) is 75.9. The van der Waals surface area contributed by atoms with Gasteiger partial charge in [-0.1, -0.05) is 321 Å². The molecule has 8 atom stereocenters. The van der Waals surface area contributed by atoms with Gasteiger partial charge in [-0.25, -0.2) is 0 Å². The van der Waals surface area contributed by atoms with Crippen molar-refractivity contribution in [1.29, 1.82) is 0 Å². The van der Waals surface area contributed by atoms with Crippen molar-refractivity contribution < 1.29 is 82.8 Å². The molecule has 7 aliphatic carbocycles. The Balaban J connectivity index is 0.000000212. The molecule has 0 amide bonds. The fourth-order valence-corrected chi connectivity index (χ4v) is 21.5. The smallest absolute Gasteiger partial charge is 0.158 e. The summed E-state index contributed by atoms with van der Waals surface area (Å²) in [7, 11) is 1.62. The van der Waals surface area contributed by atoms with Crippen LogP contribution in [0.1, 0.15) is 433 Å². The van der Waals surface area contributed by atoms with Crippen LogP contribution in [0.5, 0.6) is 40.2 Å². The number of carbonyl (C=O) groups excluding carboxylic acids is 1. The molecule has 0 heterocycles. The first kappa shape index (κ1) is 125. The molecule has 7 saturated carbocycles. The van der Waals surface area contributed by atoms with Crippen LogP contribution in [0.15, 0.2) is 176 Å². The van der Waals surface area contributed by atoms with Crippen molar-refractivity contribution >= 4 is 11.4 Å². The number of Topliss-reactive ketones (excluding diaryl/α,β-unsaturated/α-hetero) is 1. The lowest BCUT2D eigenvalue weighted by molar-refractivity contribution is -0.124. The highest BCUT2D eigenvalue weighted by molar-refractivity contribution is 5.79. The molecule has 0 radical (unpaired) electrons. The standard InChI is InChI=1S/C24H38O6.C18H28O3.2C18H28O2.C18H28O.C18H26O.C17H26O2/c1-27-13-14-28-15-16-29-19-22(25)10-6-12-24(26)21-9-5-11-23(17-21)30-18-20-7-3-2-4-8-20;1-2-11-18(20,14-19)16-9-6-10-17(12-16)21-13-15-7-4-3-5-8-15;1-3-14(2)18(19)16-10-7-11-17(12-16)20-13-15-8-5-4-6-9-15;1-2-7-17(13-19)16-10-6-11-18(12-16)20-14-15-8-4-3-5-9-15;2*1-3-8-15(2)17-11-7-12-18(13-17)19-14-16-9-5-4-6-10-16;1-3-13(2)17(18)15-9-6-10-16(11-15)19-12-14-7-4-5-8-14/h5,9,11,17,20,24,26H,2-4,6-8,10,12-16,18-19H2,1H3;6,9-10,12,15,19-20H,2-5,7-8,11,13-14H2,1H3;7,10-12,14-15,18-19H,3-6,8-9,13H2,1-2H3;6,10-12,15,17,19H,2-5,7-9,13-14H2,1H3;7,11-13,15-16H,3-6,8-10,14H2,1-2H3;7,11-13,16H,2-6,8-10,14H2,1H3;6,9-11,13-14,17-18H,3-5,7-8,12H2,1-2H3/t;;14-,18-;;;;13-,17-/m..0...1/s1. The molecule has 14 rings (SSSR count). The van der Waals surface area contributed by atoms with Crippen molar-refractivity contribution in [1.82, 2.24) is 0 Å². The summed E-state index contributed by atoms with van der Waals surface area (Å²) in [4.78, 5) is 11.9.